The summed E-state index contributed by atoms with van der Waals surface area (Å²) in [5.41, 5.74) is 10.1. The van der Waals surface area contributed by atoms with Crippen molar-refractivity contribution in [3.05, 3.63) is 52.3 Å². The van der Waals surface area contributed by atoms with E-state index >= 15 is 0 Å². The Hall–Kier alpha value is -1.94. The van der Waals surface area contributed by atoms with Gasteiger partial charge in [0.05, 0.1) is 11.4 Å². The lowest BCUT2D eigenvalue weighted by atomic mass is 10.0. The van der Waals surface area contributed by atoms with Crippen molar-refractivity contribution in [3.63, 3.8) is 0 Å². The number of nitrogens with zero attached hydrogens (tertiary/aromatic N) is 1. The first-order chi connectivity index (χ1) is 14.0. The van der Waals surface area contributed by atoms with Gasteiger partial charge in [-0.2, -0.15) is 0 Å². The van der Waals surface area contributed by atoms with Crippen LogP contribution in [0.5, 0.6) is 0 Å². The van der Waals surface area contributed by atoms with Gasteiger partial charge in [-0.3, -0.25) is 10.4 Å². The van der Waals surface area contributed by atoms with Crippen LogP contribution in [0.3, 0.4) is 0 Å². The van der Waals surface area contributed by atoms with E-state index in [0.29, 0.717) is 17.1 Å². The first-order valence-electron chi connectivity index (χ1n) is 11.2. The van der Waals surface area contributed by atoms with E-state index in [4.69, 9.17) is 11.1 Å². The summed E-state index contributed by atoms with van der Waals surface area (Å²) in [6, 6.07) is 6.56. The first-order valence-corrected chi connectivity index (χ1v) is 12.0. The Kier molecular flexibility index (Phi) is 10.1. The molecule has 0 aliphatic carbocycles. The maximum atomic E-state index is 8.25. The molecular weight excluding hydrogens is 374 g/mol. The number of hydrogen-bond donors (Lipinski definition) is 2. The zero-order chi connectivity index (χ0) is 21.1. The summed E-state index contributed by atoms with van der Waals surface area (Å²) in [6.07, 6.45) is 16.1. The summed E-state index contributed by atoms with van der Waals surface area (Å²) < 4.78 is 0. The topological polar surface area (TPSA) is 62.8 Å². The Morgan fingerprint density at radius 2 is 1.72 bits per heavy atom. The van der Waals surface area contributed by atoms with E-state index < -0.39 is 0 Å². The van der Waals surface area contributed by atoms with Crippen LogP contribution in [0.1, 0.15) is 88.3 Å². The van der Waals surface area contributed by atoms with Crippen molar-refractivity contribution < 1.29 is 0 Å². The SMILES string of the molecule is CCCCCCc1cc(CCCCCC)c(-c2ccnc(C(=N)C=C(C)N)c2)s1. The zero-order valence-corrected chi connectivity index (χ0v) is 19.2. The van der Waals surface area contributed by atoms with Crippen molar-refractivity contribution in [2.75, 3.05) is 0 Å². The molecule has 4 heteroatoms. The third kappa shape index (κ3) is 7.77. The molecule has 0 unspecified atom stereocenters. The van der Waals surface area contributed by atoms with Crippen molar-refractivity contribution in [1.29, 1.82) is 5.41 Å². The number of pyridine rings is 1. The minimum atomic E-state index is 0.368. The van der Waals surface area contributed by atoms with Crippen LogP contribution in [0.4, 0.5) is 0 Å². The van der Waals surface area contributed by atoms with Gasteiger partial charge in [-0.25, -0.2) is 0 Å². The third-order valence-corrected chi connectivity index (χ3v) is 6.39. The quantitative estimate of drug-likeness (QED) is 0.268. The number of thiophene rings is 1. The molecule has 0 aromatic carbocycles. The second-order valence-corrected chi connectivity index (χ2v) is 9.06. The fraction of sp³-hybridized carbons (Fsp3) is 0.520. The van der Waals surface area contributed by atoms with Crippen LogP contribution in [0, 0.1) is 5.41 Å². The number of aryl methyl sites for hydroxylation is 2. The first kappa shape index (κ1) is 23.3. The highest BCUT2D eigenvalue weighted by atomic mass is 32.1. The molecule has 0 atom stereocenters. The minimum absolute atomic E-state index is 0.368. The van der Waals surface area contributed by atoms with Gasteiger partial charge in [0.2, 0.25) is 0 Å². The molecule has 0 amide bonds. The smallest absolute Gasteiger partial charge is 0.0886 e. The van der Waals surface area contributed by atoms with E-state index in [2.05, 4.69) is 31.0 Å². The molecule has 0 saturated carbocycles. The number of unbranched alkanes of at least 4 members (excludes halogenated alkanes) is 6. The van der Waals surface area contributed by atoms with Gasteiger partial charge in [0.25, 0.3) is 0 Å². The fourth-order valence-electron chi connectivity index (χ4n) is 3.53. The van der Waals surface area contributed by atoms with Gasteiger partial charge in [-0.1, -0.05) is 52.4 Å². The van der Waals surface area contributed by atoms with Gasteiger partial charge >= 0.3 is 0 Å². The molecular formula is C25H37N3S. The molecule has 0 bridgehead atoms. The molecule has 0 aliphatic heterocycles. The van der Waals surface area contributed by atoms with Crippen LogP contribution >= 0.6 is 11.3 Å². The Bertz CT molecular complexity index is 800. The molecule has 0 spiro atoms. The monoisotopic (exact) mass is 411 g/mol. The lowest BCUT2D eigenvalue weighted by Crippen LogP contribution is -2.02. The molecule has 2 aromatic rings. The second kappa shape index (κ2) is 12.6. The summed E-state index contributed by atoms with van der Waals surface area (Å²) in [5.74, 6) is 0. The maximum Gasteiger partial charge on any atom is 0.0886 e. The lowest BCUT2D eigenvalue weighted by Gasteiger charge is -2.06. The van der Waals surface area contributed by atoms with Gasteiger partial charge in [0.1, 0.15) is 0 Å². The van der Waals surface area contributed by atoms with Crippen molar-refractivity contribution >= 4 is 17.0 Å². The number of nitrogens with one attached hydrogen (secondary N) is 1. The molecule has 3 N–H and O–H groups in total. The van der Waals surface area contributed by atoms with Gasteiger partial charge in [0, 0.05) is 21.6 Å². The number of aromatic nitrogens is 1. The summed E-state index contributed by atoms with van der Waals surface area (Å²) in [7, 11) is 0. The molecule has 2 aromatic heterocycles. The Balaban J connectivity index is 2.24. The van der Waals surface area contributed by atoms with Gasteiger partial charge < -0.3 is 5.73 Å². The minimum Gasteiger partial charge on any atom is -0.402 e. The number of nitrogens with two attached hydrogens (primary N) is 1. The Morgan fingerprint density at radius 3 is 2.38 bits per heavy atom. The molecule has 0 saturated heterocycles. The largest absolute Gasteiger partial charge is 0.402 e. The van der Waals surface area contributed by atoms with Crippen LogP contribution in [0.2, 0.25) is 0 Å². The molecule has 3 nitrogen and oxygen atoms in total. The Labute approximate surface area is 181 Å². The normalized spacial score (nSPS) is 11.8. The average Bonchev–Trinajstić information content (AvgIpc) is 3.11. The molecule has 0 aliphatic rings. The Morgan fingerprint density at radius 1 is 1.03 bits per heavy atom. The van der Waals surface area contributed by atoms with Crippen LogP contribution in [-0.2, 0) is 12.8 Å². The van der Waals surface area contributed by atoms with Gasteiger partial charge in [0.15, 0.2) is 0 Å². The zero-order valence-electron chi connectivity index (χ0n) is 18.4. The average molecular weight is 412 g/mol. The highest BCUT2D eigenvalue weighted by molar-refractivity contribution is 7.15. The third-order valence-electron chi connectivity index (χ3n) is 5.11. The molecule has 29 heavy (non-hydrogen) atoms. The standard InChI is InChI=1S/C25H37N3S/c1-4-6-8-10-12-20-17-22(13-11-9-7-5-2)29-25(20)21-14-15-28-24(18-21)23(27)16-19(3)26/h14-18,27H,4-13,26H2,1-3H3. The maximum absolute atomic E-state index is 8.25. The number of rotatable bonds is 13. The molecule has 158 valence electrons. The predicted molar refractivity (Wildman–Crippen MR) is 128 cm³/mol. The molecule has 2 heterocycles. The van der Waals surface area contributed by atoms with E-state index in [1.807, 2.05) is 23.6 Å². The van der Waals surface area contributed by atoms with E-state index in [-0.39, 0.29) is 0 Å². The van der Waals surface area contributed by atoms with E-state index in [9.17, 15) is 0 Å². The van der Waals surface area contributed by atoms with E-state index in [0.717, 1.165) is 6.42 Å². The summed E-state index contributed by atoms with van der Waals surface area (Å²) in [6.45, 7) is 6.32. The molecule has 2 rings (SSSR count). The predicted octanol–water partition coefficient (Wildman–Crippen LogP) is 7.29. The van der Waals surface area contributed by atoms with Crippen molar-refractivity contribution in [2.24, 2.45) is 5.73 Å². The molecule has 0 radical (unpaired) electrons. The second-order valence-electron chi connectivity index (χ2n) is 7.92. The summed E-state index contributed by atoms with van der Waals surface area (Å²) in [5, 5.41) is 8.25. The van der Waals surface area contributed by atoms with Crippen molar-refractivity contribution in [2.45, 2.75) is 85.0 Å². The fourth-order valence-corrected chi connectivity index (χ4v) is 4.77. The highest BCUT2D eigenvalue weighted by Crippen LogP contribution is 2.35. The summed E-state index contributed by atoms with van der Waals surface area (Å²) >= 11 is 1.93. The van der Waals surface area contributed by atoms with E-state index in [1.165, 1.54) is 78.7 Å². The number of hydrogen-bond acceptors (Lipinski definition) is 4. The van der Waals surface area contributed by atoms with Crippen LogP contribution in [0.25, 0.3) is 10.4 Å². The summed E-state index contributed by atoms with van der Waals surface area (Å²) in [4.78, 5) is 7.24. The van der Waals surface area contributed by atoms with Crippen LogP contribution in [-0.4, -0.2) is 10.7 Å². The van der Waals surface area contributed by atoms with Crippen molar-refractivity contribution in [3.8, 4) is 10.4 Å². The van der Waals surface area contributed by atoms with Crippen molar-refractivity contribution in [1.82, 2.24) is 4.98 Å². The van der Waals surface area contributed by atoms with Gasteiger partial charge in [-0.15, -0.1) is 11.3 Å². The van der Waals surface area contributed by atoms with Crippen LogP contribution in [0.15, 0.2) is 36.2 Å². The van der Waals surface area contributed by atoms with Gasteiger partial charge in [-0.05, 0) is 68.0 Å². The highest BCUT2D eigenvalue weighted by Gasteiger charge is 2.13. The van der Waals surface area contributed by atoms with E-state index in [1.54, 1.807) is 13.0 Å². The lowest BCUT2D eigenvalue weighted by molar-refractivity contribution is 0.665. The number of allylic oxidation sites excluding steroid dienone is 2. The van der Waals surface area contributed by atoms with Crippen LogP contribution < -0.4 is 5.73 Å². The molecule has 0 fully saturated rings.